The number of ether oxygens (including phenoxy) is 1. The number of carbonyl (C=O) groups excluding carboxylic acids is 2. The molecule has 6 heteroatoms. The van der Waals surface area contributed by atoms with Crippen LogP contribution in [0.2, 0.25) is 0 Å². The van der Waals surface area contributed by atoms with E-state index in [1.807, 2.05) is 6.07 Å². The van der Waals surface area contributed by atoms with E-state index in [1.54, 1.807) is 32.2 Å². The van der Waals surface area contributed by atoms with Gasteiger partial charge in [0.1, 0.15) is 6.04 Å². The Morgan fingerprint density at radius 1 is 1.40 bits per heavy atom. The monoisotopic (exact) mass is 298 g/mol. The standard InChI is InChI=1S/C14H19ClN2O3/c1-10(13(18)16-6-7-20-2)17-14(19)12-5-3-4-11(8-12)9-15/h3-5,8,10H,6-7,9H2,1-2H3,(H,16,18)(H,17,19). The number of benzene rings is 1. The second kappa shape index (κ2) is 8.55. The Morgan fingerprint density at radius 3 is 2.80 bits per heavy atom. The van der Waals surface area contributed by atoms with Crippen LogP contribution in [0.3, 0.4) is 0 Å². The molecule has 0 aliphatic heterocycles. The highest BCUT2D eigenvalue weighted by Crippen LogP contribution is 2.08. The number of hydrogen-bond acceptors (Lipinski definition) is 3. The van der Waals surface area contributed by atoms with Gasteiger partial charge in [0.2, 0.25) is 5.91 Å². The van der Waals surface area contributed by atoms with Gasteiger partial charge < -0.3 is 15.4 Å². The Kier molecular flexibility index (Phi) is 7.04. The van der Waals surface area contributed by atoms with Gasteiger partial charge in [-0.05, 0) is 24.6 Å². The molecule has 0 saturated heterocycles. The quantitative estimate of drug-likeness (QED) is 0.589. The average Bonchev–Trinajstić information content (AvgIpc) is 2.47. The van der Waals surface area contributed by atoms with Gasteiger partial charge in [0.05, 0.1) is 6.61 Å². The summed E-state index contributed by atoms with van der Waals surface area (Å²) < 4.78 is 4.83. The second-order valence-electron chi connectivity index (χ2n) is 4.31. The topological polar surface area (TPSA) is 67.4 Å². The summed E-state index contributed by atoms with van der Waals surface area (Å²) in [4.78, 5) is 23.7. The van der Waals surface area contributed by atoms with Gasteiger partial charge in [-0.3, -0.25) is 9.59 Å². The molecule has 1 aromatic rings. The molecule has 0 aromatic heterocycles. The maximum absolute atomic E-state index is 12.0. The number of rotatable bonds is 7. The molecule has 0 radical (unpaired) electrons. The van der Waals surface area contributed by atoms with Crippen LogP contribution in [0.15, 0.2) is 24.3 Å². The zero-order chi connectivity index (χ0) is 15.0. The van der Waals surface area contributed by atoms with E-state index in [0.29, 0.717) is 24.6 Å². The fraction of sp³-hybridized carbons (Fsp3) is 0.429. The van der Waals surface area contributed by atoms with E-state index < -0.39 is 6.04 Å². The molecular formula is C14H19ClN2O3. The molecule has 1 unspecified atom stereocenters. The molecule has 0 aliphatic rings. The molecule has 0 heterocycles. The lowest BCUT2D eigenvalue weighted by Crippen LogP contribution is -2.45. The van der Waals surface area contributed by atoms with Crippen LogP contribution < -0.4 is 10.6 Å². The highest BCUT2D eigenvalue weighted by molar-refractivity contribution is 6.17. The van der Waals surface area contributed by atoms with Crippen molar-refractivity contribution >= 4 is 23.4 Å². The Bertz CT molecular complexity index is 465. The molecule has 20 heavy (non-hydrogen) atoms. The van der Waals surface area contributed by atoms with Crippen molar-refractivity contribution in [2.45, 2.75) is 18.8 Å². The summed E-state index contributed by atoms with van der Waals surface area (Å²) >= 11 is 5.72. The van der Waals surface area contributed by atoms with Crippen LogP contribution in [-0.4, -0.2) is 38.1 Å². The molecule has 110 valence electrons. The number of hydrogen-bond donors (Lipinski definition) is 2. The van der Waals surface area contributed by atoms with Gasteiger partial charge in [0.25, 0.3) is 5.91 Å². The fourth-order valence-electron chi connectivity index (χ4n) is 1.57. The zero-order valence-corrected chi connectivity index (χ0v) is 12.4. The molecule has 2 amide bonds. The van der Waals surface area contributed by atoms with E-state index in [1.165, 1.54) is 0 Å². The van der Waals surface area contributed by atoms with Crippen molar-refractivity contribution in [3.05, 3.63) is 35.4 Å². The summed E-state index contributed by atoms with van der Waals surface area (Å²) in [6.07, 6.45) is 0. The lowest BCUT2D eigenvalue weighted by Gasteiger charge is -2.14. The molecule has 0 bridgehead atoms. The summed E-state index contributed by atoms with van der Waals surface area (Å²) in [5.74, 6) is -0.205. The van der Waals surface area contributed by atoms with E-state index in [2.05, 4.69) is 10.6 Å². The predicted molar refractivity (Wildman–Crippen MR) is 77.8 cm³/mol. The average molecular weight is 299 g/mol. The summed E-state index contributed by atoms with van der Waals surface area (Å²) in [5, 5.41) is 5.30. The van der Waals surface area contributed by atoms with Gasteiger partial charge in [0, 0.05) is 25.1 Å². The van der Waals surface area contributed by atoms with Crippen molar-refractivity contribution in [1.29, 1.82) is 0 Å². The minimum absolute atomic E-state index is 0.246. The number of methoxy groups -OCH3 is 1. The molecule has 1 atom stereocenters. The van der Waals surface area contributed by atoms with E-state index in [0.717, 1.165) is 5.56 Å². The number of amides is 2. The molecule has 0 saturated carbocycles. The van der Waals surface area contributed by atoms with Gasteiger partial charge >= 0.3 is 0 Å². The fourth-order valence-corrected chi connectivity index (χ4v) is 1.74. The van der Waals surface area contributed by atoms with Crippen LogP contribution in [0.1, 0.15) is 22.8 Å². The van der Waals surface area contributed by atoms with Crippen LogP contribution in [0.25, 0.3) is 0 Å². The number of halogens is 1. The van der Waals surface area contributed by atoms with Crippen molar-refractivity contribution < 1.29 is 14.3 Å². The first-order valence-electron chi connectivity index (χ1n) is 6.31. The van der Waals surface area contributed by atoms with Crippen molar-refractivity contribution in [2.75, 3.05) is 20.3 Å². The maximum Gasteiger partial charge on any atom is 0.251 e. The zero-order valence-electron chi connectivity index (χ0n) is 11.6. The molecule has 0 fully saturated rings. The molecular weight excluding hydrogens is 280 g/mol. The molecule has 1 rings (SSSR count). The maximum atomic E-state index is 12.0. The summed E-state index contributed by atoms with van der Waals surface area (Å²) in [6, 6.07) is 6.37. The predicted octanol–water partition coefficient (Wildman–Crippen LogP) is 1.31. The number of carbonyl (C=O) groups is 2. The summed E-state index contributed by atoms with van der Waals surface area (Å²) in [6.45, 7) is 2.48. The Balaban J connectivity index is 2.54. The van der Waals surface area contributed by atoms with E-state index in [-0.39, 0.29) is 11.8 Å². The molecule has 2 N–H and O–H groups in total. The van der Waals surface area contributed by atoms with Gasteiger partial charge in [-0.2, -0.15) is 0 Å². The molecule has 5 nitrogen and oxygen atoms in total. The molecule has 1 aromatic carbocycles. The van der Waals surface area contributed by atoms with Crippen LogP contribution in [-0.2, 0) is 15.4 Å². The summed E-state index contributed by atoms with van der Waals surface area (Å²) in [7, 11) is 1.56. The first-order chi connectivity index (χ1) is 9.58. The normalized spacial score (nSPS) is 11.8. The van der Waals surface area contributed by atoms with Crippen molar-refractivity contribution in [3.8, 4) is 0 Å². The molecule has 0 spiro atoms. The highest BCUT2D eigenvalue weighted by atomic mass is 35.5. The third-order valence-corrected chi connectivity index (χ3v) is 3.00. The van der Waals surface area contributed by atoms with E-state index in [4.69, 9.17) is 16.3 Å². The van der Waals surface area contributed by atoms with E-state index >= 15 is 0 Å². The first kappa shape index (κ1) is 16.5. The smallest absolute Gasteiger partial charge is 0.251 e. The number of alkyl halides is 1. The minimum Gasteiger partial charge on any atom is -0.383 e. The first-order valence-corrected chi connectivity index (χ1v) is 6.84. The van der Waals surface area contributed by atoms with Crippen LogP contribution >= 0.6 is 11.6 Å². The van der Waals surface area contributed by atoms with Gasteiger partial charge in [-0.25, -0.2) is 0 Å². The third kappa shape index (κ3) is 5.19. The Labute approximate surface area is 123 Å². The van der Waals surface area contributed by atoms with Gasteiger partial charge in [-0.15, -0.1) is 11.6 Å². The van der Waals surface area contributed by atoms with E-state index in [9.17, 15) is 9.59 Å². The number of nitrogens with one attached hydrogen (secondary N) is 2. The summed E-state index contributed by atoms with van der Waals surface area (Å²) in [5.41, 5.74) is 1.34. The van der Waals surface area contributed by atoms with Crippen LogP contribution in [0.5, 0.6) is 0 Å². The second-order valence-corrected chi connectivity index (χ2v) is 4.58. The van der Waals surface area contributed by atoms with Crippen LogP contribution in [0.4, 0.5) is 0 Å². The Morgan fingerprint density at radius 2 is 2.15 bits per heavy atom. The minimum atomic E-state index is -0.612. The van der Waals surface area contributed by atoms with Crippen LogP contribution in [0, 0.1) is 0 Å². The lowest BCUT2D eigenvalue weighted by molar-refractivity contribution is -0.122. The Hall–Kier alpha value is -1.59. The SMILES string of the molecule is COCCNC(=O)C(C)NC(=O)c1cccc(CCl)c1. The third-order valence-electron chi connectivity index (χ3n) is 2.69. The van der Waals surface area contributed by atoms with Crippen molar-refractivity contribution in [2.24, 2.45) is 0 Å². The largest absolute Gasteiger partial charge is 0.383 e. The van der Waals surface area contributed by atoms with Gasteiger partial charge in [0.15, 0.2) is 0 Å². The lowest BCUT2D eigenvalue weighted by atomic mass is 10.1. The molecule has 0 aliphatic carbocycles. The van der Waals surface area contributed by atoms with Crippen molar-refractivity contribution in [1.82, 2.24) is 10.6 Å². The van der Waals surface area contributed by atoms with Crippen molar-refractivity contribution in [3.63, 3.8) is 0 Å². The highest BCUT2D eigenvalue weighted by Gasteiger charge is 2.16. The van der Waals surface area contributed by atoms with Gasteiger partial charge in [-0.1, -0.05) is 12.1 Å².